The number of aromatic amines is 1. The summed E-state index contributed by atoms with van der Waals surface area (Å²) in [5.41, 5.74) is 6.99. The average molecular weight is 548 g/mol. The summed E-state index contributed by atoms with van der Waals surface area (Å²) in [6, 6.07) is 1.45. The van der Waals surface area contributed by atoms with E-state index < -0.39 is 72.6 Å². The van der Waals surface area contributed by atoms with Gasteiger partial charge in [0.15, 0.2) is 0 Å². The molecule has 1 aromatic heterocycles. The first kappa shape index (κ1) is 30.8. The molecule has 0 radical (unpaired) electrons. The number of hydrogen-bond donors (Lipinski definition) is 8. The molecule has 3 amide bonds. The Kier molecular flexibility index (Phi) is 11.0. The predicted molar refractivity (Wildman–Crippen MR) is 137 cm³/mol. The highest BCUT2D eigenvalue weighted by Gasteiger charge is 2.32. The lowest BCUT2D eigenvalue weighted by molar-refractivity contribution is -0.147. The van der Waals surface area contributed by atoms with Crippen LogP contribution in [0.4, 0.5) is 0 Å². The normalized spacial score (nSPS) is 14.2. The minimum Gasteiger partial charge on any atom is -0.481 e. The smallest absolute Gasteiger partial charge is 0.326 e. The van der Waals surface area contributed by atoms with Crippen LogP contribution in [-0.4, -0.2) is 80.1 Å². The number of rotatable bonds is 15. The van der Waals surface area contributed by atoms with E-state index in [0.717, 1.165) is 10.9 Å². The van der Waals surface area contributed by atoms with Crippen LogP contribution in [-0.2, 0) is 35.2 Å². The molecule has 1 aromatic carbocycles. The van der Waals surface area contributed by atoms with Crippen molar-refractivity contribution in [2.75, 3.05) is 0 Å². The first-order valence-corrected chi connectivity index (χ1v) is 12.2. The number of benzene rings is 1. The molecule has 0 aliphatic heterocycles. The molecule has 0 saturated carbocycles. The third kappa shape index (κ3) is 9.41. The molecular formula is C25H33N5O9. The molecule has 4 atom stereocenters. The van der Waals surface area contributed by atoms with Gasteiger partial charge in [-0.2, -0.15) is 0 Å². The van der Waals surface area contributed by atoms with Crippen LogP contribution in [0.25, 0.3) is 10.9 Å². The topological polar surface area (TPSA) is 241 Å². The number of carbonyl (C=O) groups is 6. The number of carbonyl (C=O) groups excluding carboxylic acids is 3. The van der Waals surface area contributed by atoms with Crippen LogP contribution in [0.3, 0.4) is 0 Å². The zero-order chi connectivity index (χ0) is 29.3. The van der Waals surface area contributed by atoms with Gasteiger partial charge in [0.25, 0.3) is 0 Å². The molecule has 0 aliphatic carbocycles. The van der Waals surface area contributed by atoms with Gasteiger partial charge >= 0.3 is 17.9 Å². The Morgan fingerprint density at radius 1 is 0.821 bits per heavy atom. The Bertz CT molecular complexity index is 1230. The third-order valence-corrected chi connectivity index (χ3v) is 5.80. The summed E-state index contributed by atoms with van der Waals surface area (Å²) < 4.78 is 0. The molecule has 0 spiro atoms. The van der Waals surface area contributed by atoms with Crippen molar-refractivity contribution in [2.45, 2.75) is 63.7 Å². The van der Waals surface area contributed by atoms with Crippen molar-refractivity contribution >= 4 is 46.5 Å². The molecule has 212 valence electrons. The molecule has 2 rings (SSSR count). The van der Waals surface area contributed by atoms with Crippen molar-refractivity contribution in [1.82, 2.24) is 20.9 Å². The minimum absolute atomic E-state index is 0.0954. The monoisotopic (exact) mass is 547 g/mol. The van der Waals surface area contributed by atoms with E-state index in [1.165, 1.54) is 0 Å². The van der Waals surface area contributed by atoms with Gasteiger partial charge in [-0.1, -0.05) is 32.0 Å². The molecule has 9 N–H and O–H groups in total. The maximum atomic E-state index is 13.3. The molecule has 4 unspecified atom stereocenters. The number of para-hydroxylation sites is 1. The molecule has 14 heteroatoms. The van der Waals surface area contributed by atoms with Gasteiger partial charge in [-0.3, -0.25) is 24.0 Å². The fourth-order valence-corrected chi connectivity index (χ4v) is 3.91. The molecule has 2 aromatic rings. The lowest BCUT2D eigenvalue weighted by Crippen LogP contribution is -2.58. The number of carboxylic acids is 3. The van der Waals surface area contributed by atoms with Crippen molar-refractivity contribution in [2.24, 2.45) is 11.7 Å². The van der Waals surface area contributed by atoms with Crippen LogP contribution in [0.15, 0.2) is 30.5 Å². The number of nitrogens with one attached hydrogen (secondary N) is 4. The second kappa shape index (κ2) is 13.9. The number of hydrogen-bond acceptors (Lipinski definition) is 7. The number of aromatic nitrogens is 1. The summed E-state index contributed by atoms with van der Waals surface area (Å²) >= 11 is 0. The second-order valence-corrected chi connectivity index (χ2v) is 9.52. The summed E-state index contributed by atoms with van der Waals surface area (Å²) in [6.45, 7) is 3.56. The van der Waals surface area contributed by atoms with Gasteiger partial charge < -0.3 is 42.0 Å². The summed E-state index contributed by atoms with van der Waals surface area (Å²) in [5, 5.41) is 35.1. The third-order valence-electron chi connectivity index (χ3n) is 5.80. The van der Waals surface area contributed by atoms with Crippen molar-refractivity contribution in [3.63, 3.8) is 0 Å². The minimum atomic E-state index is -1.75. The van der Waals surface area contributed by atoms with E-state index in [2.05, 4.69) is 20.9 Å². The van der Waals surface area contributed by atoms with Crippen LogP contribution in [0.2, 0.25) is 0 Å². The summed E-state index contributed by atoms with van der Waals surface area (Å²) in [4.78, 5) is 75.5. The Hall–Kier alpha value is -4.46. The highest BCUT2D eigenvalue weighted by Crippen LogP contribution is 2.19. The Labute approximate surface area is 223 Å². The molecule has 0 saturated heterocycles. The fraction of sp³-hybridized carbons (Fsp3) is 0.440. The number of H-pyrrole nitrogens is 1. The van der Waals surface area contributed by atoms with Crippen molar-refractivity contribution in [1.29, 1.82) is 0 Å². The van der Waals surface area contributed by atoms with E-state index in [-0.39, 0.29) is 18.8 Å². The van der Waals surface area contributed by atoms with Gasteiger partial charge in [-0.25, -0.2) is 4.79 Å². The van der Waals surface area contributed by atoms with Crippen LogP contribution < -0.4 is 21.7 Å². The van der Waals surface area contributed by atoms with Gasteiger partial charge in [-0.05, 0) is 24.0 Å². The van der Waals surface area contributed by atoms with E-state index in [1.807, 2.05) is 0 Å². The number of carboxylic acid groups (broad SMARTS) is 3. The molecule has 14 nitrogen and oxygen atoms in total. The average Bonchev–Trinajstić information content (AvgIpc) is 3.24. The predicted octanol–water partition coefficient (Wildman–Crippen LogP) is -0.428. The fourth-order valence-electron chi connectivity index (χ4n) is 3.91. The molecular weight excluding hydrogens is 514 g/mol. The first-order chi connectivity index (χ1) is 18.3. The number of nitrogens with two attached hydrogens (primary N) is 1. The molecule has 0 fully saturated rings. The van der Waals surface area contributed by atoms with E-state index in [0.29, 0.717) is 5.56 Å². The van der Waals surface area contributed by atoms with E-state index in [4.69, 9.17) is 15.9 Å². The lowest BCUT2D eigenvalue weighted by Gasteiger charge is -2.25. The Morgan fingerprint density at radius 3 is 1.97 bits per heavy atom. The van der Waals surface area contributed by atoms with Gasteiger partial charge in [-0.15, -0.1) is 0 Å². The zero-order valence-electron chi connectivity index (χ0n) is 21.5. The number of aliphatic carboxylic acids is 3. The van der Waals surface area contributed by atoms with Crippen molar-refractivity contribution in [3.05, 3.63) is 36.0 Å². The summed E-state index contributed by atoms with van der Waals surface area (Å²) in [5.74, 6) is -7.03. The van der Waals surface area contributed by atoms with Gasteiger partial charge in [0.1, 0.15) is 18.1 Å². The maximum absolute atomic E-state index is 13.3. The van der Waals surface area contributed by atoms with Crippen molar-refractivity contribution in [3.8, 4) is 0 Å². The van der Waals surface area contributed by atoms with E-state index in [9.17, 15) is 33.9 Å². The molecule has 39 heavy (non-hydrogen) atoms. The molecule has 1 heterocycles. The first-order valence-electron chi connectivity index (χ1n) is 12.2. The summed E-state index contributed by atoms with van der Waals surface area (Å²) in [6.07, 6.45) is 0.106. The van der Waals surface area contributed by atoms with Crippen LogP contribution in [0.5, 0.6) is 0 Å². The van der Waals surface area contributed by atoms with Gasteiger partial charge in [0.05, 0.1) is 18.9 Å². The second-order valence-electron chi connectivity index (χ2n) is 9.52. The SMILES string of the molecule is CC(C)CC(NC(=O)C(N)CC(=O)O)C(=O)NC(Cc1c[nH]c2ccccc12)C(=O)NC(CC(=O)O)C(=O)O. The van der Waals surface area contributed by atoms with E-state index >= 15 is 0 Å². The summed E-state index contributed by atoms with van der Waals surface area (Å²) in [7, 11) is 0. The van der Waals surface area contributed by atoms with E-state index in [1.54, 1.807) is 44.3 Å². The van der Waals surface area contributed by atoms with Crippen LogP contribution in [0, 0.1) is 5.92 Å². The quantitative estimate of drug-likeness (QED) is 0.143. The number of amides is 3. The van der Waals surface area contributed by atoms with Gasteiger partial charge in [0.2, 0.25) is 17.7 Å². The highest BCUT2D eigenvalue weighted by molar-refractivity contribution is 5.95. The molecule has 0 bridgehead atoms. The lowest BCUT2D eigenvalue weighted by atomic mass is 10.00. The zero-order valence-corrected chi connectivity index (χ0v) is 21.5. The maximum Gasteiger partial charge on any atom is 0.326 e. The van der Waals surface area contributed by atoms with Crippen molar-refractivity contribution < 1.29 is 44.1 Å². The van der Waals surface area contributed by atoms with Gasteiger partial charge in [0, 0.05) is 23.5 Å². The molecule has 0 aliphatic rings. The Morgan fingerprint density at radius 2 is 1.38 bits per heavy atom. The van der Waals surface area contributed by atoms with Crippen LogP contribution in [0.1, 0.15) is 38.7 Å². The standard InChI is InChI=1S/C25H33N5O9/c1-12(2)7-17(28-22(35)15(26)9-20(31)32)23(36)29-18(24(37)30-19(25(38)39)10-21(33)34)8-13-11-27-16-6-4-3-5-14(13)16/h3-6,11-12,15,17-19,27H,7-10,26H2,1-2H3,(H,28,35)(H,29,36)(H,30,37)(H,31,32)(H,33,34)(H,38,39). The highest BCUT2D eigenvalue weighted by atomic mass is 16.4. The number of fused-ring (bicyclic) bond motifs is 1. The largest absolute Gasteiger partial charge is 0.481 e. The van der Waals surface area contributed by atoms with Crippen LogP contribution >= 0.6 is 0 Å². The Balaban J connectivity index is 2.33.